The summed E-state index contributed by atoms with van der Waals surface area (Å²) in [5.41, 5.74) is 1.71. The third-order valence-corrected chi connectivity index (χ3v) is 3.96. The summed E-state index contributed by atoms with van der Waals surface area (Å²) in [6.45, 7) is 0.244. The fourth-order valence-corrected chi connectivity index (χ4v) is 2.70. The lowest BCUT2D eigenvalue weighted by atomic mass is 10.0. The molecule has 0 fully saturated rings. The van der Waals surface area contributed by atoms with Crippen LogP contribution in [0.5, 0.6) is 5.75 Å². The molecule has 0 unspecified atom stereocenters. The van der Waals surface area contributed by atoms with E-state index in [9.17, 15) is 4.79 Å². The molecule has 0 bridgehead atoms. The fourth-order valence-electron chi connectivity index (χ4n) is 2.70. The number of benzene rings is 1. The highest BCUT2D eigenvalue weighted by atomic mass is 16.5. The van der Waals surface area contributed by atoms with Crippen LogP contribution in [0.1, 0.15) is 17.8 Å². The van der Waals surface area contributed by atoms with Crippen LogP contribution in [0.15, 0.2) is 42.9 Å². The second-order valence-electron chi connectivity index (χ2n) is 5.67. The molecule has 0 spiro atoms. The van der Waals surface area contributed by atoms with Gasteiger partial charge in [0.25, 0.3) is 5.91 Å². The molecule has 2 N–H and O–H groups in total. The predicted octanol–water partition coefficient (Wildman–Crippen LogP) is 1.27. The van der Waals surface area contributed by atoms with Gasteiger partial charge in [-0.3, -0.25) is 14.9 Å². The quantitative estimate of drug-likeness (QED) is 0.743. The number of hydrogen-bond donors (Lipinski definition) is 2. The molecule has 0 radical (unpaired) electrons. The zero-order valence-corrected chi connectivity index (χ0v) is 13.3. The average Bonchev–Trinajstić information content (AvgIpc) is 3.15. The second-order valence-corrected chi connectivity index (χ2v) is 5.67. The number of ether oxygens (including phenoxy) is 1. The van der Waals surface area contributed by atoms with Crippen molar-refractivity contribution in [2.45, 2.75) is 25.5 Å². The van der Waals surface area contributed by atoms with Crippen LogP contribution in [0.2, 0.25) is 0 Å². The van der Waals surface area contributed by atoms with E-state index in [0.717, 1.165) is 17.7 Å². The lowest BCUT2D eigenvalue weighted by Crippen LogP contribution is -2.40. The number of nitrogens with zero attached hydrogens (tertiary/aromatic N) is 4. The highest BCUT2D eigenvalue weighted by Crippen LogP contribution is 2.27. The van der Waals surface area contributed by atoms with Gasteiger partial charge in [0.05, 0.1) is 12.7 Å². The summed E-state index contributed by atoms with van der Waals surface area (Å²) < 4.78 is 5.78. The normalized spacial score (nSPS) is 15.9. The van der Waals surface area contributed by atoms with Crippen LogP contribution in [-0.4, -0.2) is 37.2 Å². The van der Waals surface area contributed by atoms with E-state index in [1.807, 2.05) is 24.3 Å². The number of fused-ring (bicyclic) bond motifs is 1. The largest absolute Gasteiger partial charge is 0.480 e. The molecule has 0 saturated heterocycles. The molecule has 3 heterocycles. The molecule has 2 aromatic heterocycles. The Balaban J connectivity index is 1.36. The van der Waals surface area contributed by atoms with Crippen molar-refractivity contribution in [3.05, 3.63) is 54.2 Å². The number of H-pyrrole nitrogens is 1. The predicted molar refractivity (Wildman–Crippen MR) is 88.4 cm³/mol. The third kappa shape index (κ3) is 3.32. The Morgan fingerprint density at radius 3 is 3.12 bits per heavy atom. The molecule has 25 heavy (non-hydrogen) atoms. The van der Waals surface area contributed by atoms with Crippen molar-refractivity contribution >= 4 is 5.91 Å². The van der Waals surface area contributed by atoms with Crippen molar-refractivity contribution in [1.29, 1.82) is 0 Å². The van der Waals surface area contributed by atoms with E-state index in [1.54, 1.807) is 18.6 Å². The minimum absolute atomic E-state index is 0.160. The first-order valence-corrected chi connectivity index (χ1v) is 7.99. The minimum atomic E-state index is -0.489. The summed E-state index contributed by atoms with van der Waals surface area (Å²) in [6.07, 6.45) is 5.73. The molecule has 4 rings (SSSR count). The van der Waals surface area contributed by atoms with E-state index < -0.39 is 6.10 Å². The topological polar surface area (TPSA) is 106 Å². The molecule has 1 aromatic carbocycles. The molecule has 126 valence electrons. The van der Waals surface area contributed by atoms with Gasteiger partial charge in [-0.1, -0.05) is 18.2 Å². The molecular weight excluding hydrogens is 320 g/mol. The van der Waals surface area contributed by atoms with Crippen LogP contribution in [0.3, 0.4) is 0 Å². The van der Waals surface area contributed by atoms with Gasteiger partial charge < -0.3 is 10.1 Å². The molecule has 0 saturated carbocycles. The van der Waals surface area contributed by atoms with Crippen LogP contribution in [0.25, 0.3) is 11.5 Å². The number of carbonyl (C=O) groups excluding carboxylic acids is 1. The van der Waals surface area contributed by atoms with E-state index in [4.69, 9.17) is 4.74 Å². The molecule has 1 aliphatic heterocycles. The Labute approximate surface area is 143 Å². The van der Waals surface area contributed by atoms with Gasteiger partial charge in [-0.25, -0.2) is 9.97 Å². The molecular formula is C17H16N6O2. The maximum Gasteiger partial charge on any atom is 0.261 e. The smallest absolute Gasteiger partial charge is 0.261 e. The van der Waals surface area contributed by atoms with Crippen molar-refractivity contribution in [1.82, 2.24) is 30.5 Å². The number of carbonyl (C=O) groups is 1. The van der Waals surface area contributed by atoms with Gasteiger partial charge in [0.15, 0.2) is 6.10 Å². The van der Waals surface area contributed by atoms with Crippen LogP contribution in [0, 0.1) is 0 Å². The molecule has 1 atom stereocenters. The van der Waals surface area contributed by atoms with Gasteiger partial charge in [0.2, 0.25) is 5.82 Å². The number of para-hydroxylation sites is 1. The van der Waals surface area contributed by atoms with Gasteiger partial charge in [0.1, 0.15) is 17.3 Å². The number of rotatable bonds is 4. The van der Waals surface area contributed by atoms with Gasteiger partial charge >= 0.3 is 0 Å². The first-order valence-electron chi connectivity index (χ1n) is 7.99. The number of nitrogens with one attached hydrogen (secondary N) is 2. The lowest BCUT2D eigenvalue weighted by molar-refractivity contribution is -0.128. The van der Waals surface area contributed by atoms with Gasteiger partial charge in [-0.15, -0.1) is 0 Å². The maximum atomic E-state index is 12.3. The first kappa shape index (κ1) is 15.3. The van der Waals surface area contributed by atoms with Crippen LogP contribution >= 0.6 is 0 Å². The van der Waals surface area contributed by atoms with Crippen LogP contribution in [0.4, 0.5) is 0 Å². The lowest BCUT2D eigenvalue weighted by Gasteiger charge is -2.24. The van der Waals surface area contributed by atoms with Gasteiger partial charge in [-0.2, -0.15) is 5.10 Å². The number of aromatic nitrogens is 5. The van der Waals surface area contributed by atoms with Crippen molar-refractivity contribution < 1.29 is 9.53 Å². The Morgan fingerprint density at radius 2 is 2.24 bits per heavy atom. The number of amides is 1. The van der Waals surface area contributed by atoms with E-state index in [0.29, 0.717) is 23.8 Å². The Bertz CT molecular complexity index is 880. The highest BCUT2D eigenvalue weighted by Gasteiger charge is 2.25. The second kappa shape index (κ2) is 6.68. The Morgan fingerprint density at radius 1 is 1.32 bits per heavy atom. The third-order valence-electron chi connectivity index (χ3n) is 3.96. The van der Waals surface area contributed by atoms with Crippen molar-refractivity contribution in [3.8, 4) is 17.3 Å². The molecule has 0 aliphatic carbocycles. The average molecular weight is 336 g/mol. The van der Waals surface area contributed by atoms with Crippen molar-refractivity contribution in [3.63, 3.8) is 0 Å². The summed E-state index contributed by atoms with van der Waals surface area (Å²) in [7, 11) is 0. The maximum absolute atomic E-state index is 12.3. The zero-order chi connectivity index (χ0) is 17.1. The molecule has 1 amide bonds. The number of aromatic amines is 1. The number of hydrogen-bond acceptors (Lipinski definition) is 6. The Hall–Kier alpha value is -3.29. The van der Waals surface area contributed by atoms with Crippen LogP contribution in [-0.2, 0) is 17.8 Å². The number of aryl methyl sites for hydroxylation is 1. The SMILES string of the molecule is O=C(NCc1nc(-c2cnccn2)n[nH]1)[C@H]1CCc2ccccc2O1. The molecule has 1 aliphatic rings. The van der Waals surface area contributed by atoms with E-state index in [1.165, 1.54) is 0 Å². The van der Waals surface area contributed by atoms with E-state index >= 15 is 0 Å². The monoisotopic (exact) mass is 336 g/mol. The summed E-state index contributed by atoms with van der Waals surface area (Å²) in [6, 6.07) is 7.78. The molecule has 8 heteroatoms. The highest BCUT2D eigenvalue weighted by molar-refractivity contribution is 5.81. The van der Waals surface area contributed by atoms with Gasteiger partial charge in [-0.05, 0) is 24.5 Å². The van der Waals surface area contributed by atoms with E-state index in [-0.39, 0.29) is 12.5 Å². The summed E-state index contributed by atoms with van der Waals surface area (Å²) in [5, 5.41) is 9.71. The van der Waals surface area contributed by atoms with E-state index in [2.05, 4.69) is 30.5 Å². The first-order chi connectivity index (χ1) is 12.3. The molecule has 8 nitrogen and oxygen atoms in total. The molecule has 3 aromatic rings. The summed E-state index contributed by atoms with van der Waals surface area (Å²) >= 11 is 0. The minimum Gasteiger partial charge on any atom is -0.480 e. The summed E-state index contributed by atoms with van der Waals surface area (Å²) in [5.74, 6) is 1.61. The summed E-state index contributed by atoms with van der Waals surface area (Å²) in [4.78, 5) is 24.8. The van der Waals surface area contributed by atoms with Gasteiger partial charge in [0, 0.05) is 12.4 Å². The standard InChI is InChI=1S/C17H16N6O2/c24-17(14-6-5-11-3-1-2-4-13(11)25-14)20-10-15-21-16(23-22-15)12-9-18-7-8-19-12/h1-4,7-9,14H,5-6,10H2,(H,20,24)(H,21,22,23)/t14-/m1/s1. The Kier molecular flexibility index (Phi) is 4.07. The van der Waals surface area contributed by atoms with Crippen LogP contribution < -0.4 is 10.1 Å². The van der Waals surface area contributed by atoms with Crippen molar-refractivity contribution in [2.75, 3.05) is 0 Å². The van der Waals surface area contributed by atoms with Crippen molar-refractivity contribution in [2.24, 2.45) is 0 Å². The fraction of sp³-hybridized carbons (Fsp3) is 0.235. The zero-order valence-electron chi connectivity index (χ0n) is 13.3.